The molecular weight excluding hydrogens is 222 g/mol. The van der Waals surface area contributed by atoms with Gasteiger partial charge in [0.25, 0.3) is 0 Å². The molecule has 5 heteroatoms. The number of nitrogens with one attached hydrogen (secondary N) is 1. The lowest BCUT2D eigenvalue weighted by Gasteiger charge is -2.14. The van der Waals surface area contributed by atoms with Crippen molar-refractivity contribution < 1.29 is 19.7 Å². The van der Waals surface area contributed by atoms with Gasteiger partial charge in [-0.25, -0.2) is 0 Å². The van der Waals surface area contributed by atoms with E-state index in [1.165, 1.54) is 0 Å². The molecule has 0 aromatic heterocycles. The molecule has 0 rings (SSSR count). The summed E-state index contributed by atoms with van der Waals surface area (Å²) in [6, 6.07) is 0. The van der Waals surface area contributed by atoms with E-state index >= 15 is 0 Å². The molecule has 0 spiro atoms. The summed E-state index contributed by atoms with van der Waals surface area (Å²) in [7, 11) is 0. The summed E-state index contributed by atoms with van der Waals surface area (Å²) in [6.07, 6.45) is 2.23. The number of aliphatic hydroxyl groups excluding tert-OH is 2. The molecule has 0 aliphatic heterocycles. The minimum Gasteiger partial charge on any atom is -0.394 e. The molecule has 0 saturated heterocycles. The van der Waals surface area contributed by atoms with E-state index in [0.29, 0.717) is 13.2 Å². The SMILES string of the molecule is CC(CCNCCC(C)OCCO)OCCO. The van der Waals surface area contributed by atoms with Crippen molar-refractivity contribution in [3.05, 3.63) is 0 Å². The standard InChI is InChI=1S/C12H27NO4/c1-11(16-9-7-14)3-5-13-6-4-12(2)17-10-8-15/h11-15H,3-10H2,1-2H3. The number of rotatable bonds is 12. The van der Waals surface area contributed by atoms with E-state index in [9.17, 15) is 0 Å². The van der Waals surface area contributed by atoms with Gasteiger partial charge < -0.3 is 25.0 Å². The van der Waals surface area contributed by atoms with Gasteiger partial charge in [-0.3, -0.25) is 0 Å². The predicted octanol–water partition coefficient (Wildman–Crippen LogP) is 0.151. The van der Waals surface area contributed by atoms with Crippen molar-refractivity contribution in [2.75, 3.05) is 39.5 Å². The Bertz CT molecular complexity index is 141. The maximum atomic E-state index is 8.58. The van der Waals surface area contributed by atoms with Crippen LogP contribution in [-0.4, -0.2) is 61.9 Å². The third-order valence-electron chi connectivity index (χ3n) is 2.44. The minimum atomic E-state index is 0.0808. The van der Waals surface area contributed by atoms with Crippen molar-refractivity contribution in [1.82, 2.24) is 5.32 Å². The van der Waals surface area contributed by atoms with Crippen LogP contribution in [0.5, 0.6) is 0 Å². The van der Waals surface area contributed by atoms with Gasteiger partial charge in [0, 0.05) is 0 Å². The zero-order valence-corrected chi connectivity index (χ0v) is 11.0. The average molecular weight is 249 g/mol. The summed E-state index contributed by atoms with van der Waals surface area (Å²) in [5, 5.41) is 20.5. The third-order valence-corrected chi connectivity index (χ3v) is 2.44. The monoisotopic (exact) mass is 249 g/mol. The molecule has 5 nitrogen and oxygen atoms in total. The van der Waals surface area contributed by atoms with E-state index in [4.69, 9.17) is 19.7 Å². The Hall–Kier alpha value is -0.200. The minimum absolute atomic E-state index is 0.0808. The van der Waals surface area contributed by atoms with Crippen LogP contribution in [-0.2, 0) is 9.47 Å². The fourth-order valence-electron chi connectivity index (χ4n) is 1.41. The van der Waals surface area contributed by atoms with E-state index in [0.717, 1.165) is 25.9 Å². The van der Waals surface area contributed by atoms with Crippen LogP contribution in [0.15, 0.2) is 0 Å². The van der Waals surface area contributed by atoms with Gasteiger partial charge >= 0.3 is 0 Å². The van der Waals surface area contributed by atoms with Gasteiger partial charge in [-0.1, -0.05) is 0 Å². The maximum Gasteiger partial charge on any atom is 0.0701 e. The second-order valence-electron chi connectivity index (χ2n) is 4.14. The van der Waals surface area contributed by atoms with Crippen molar-refractivity contribution >= 4 is 0 Å². The molecule has 2 atom stereocenters. The molecule has 0 bridgehead atoms. The van der Waals surface area contributed by atoms with E-state index in [1.807, 2.05) is 13.8 Å². The van der Waals surface area contributed by atoms with Crippen molar-refractivity contribution in [1.29, 1.82) is 0 Å². The van der Waals surface area contributed by atoms with Crippen LogP contribution in [0.1, 0.15) is 26.7 Å². The molecule has 0 fully saturated rings. The van der Waals surface area contributed by atoms with Gasteiger partial charge in [0.1, 0.15) is 0 Å². The predicted molar refractivity (Wildman–Crippen MR) is 67.1 cm³/mol. The van der Waals surface area contributed by atoms with Crippen LogP contribution in [0.2, 0.25) is 0 Å². The van der Waals surface area contributed by atoms with Gasteiger partial charge in [-0.05, 0) is 39.8 Å². The molecule has 0 heterocycles. The molecule has 0 radical (unpaired) electrons. The Morgan fingerprint density at radius 1 is 0.882 bits per heavy atom. The zero-order chi connectivity index (χ0) is 12.9. The third kappa shape index (κ3) is 12.1. The Kier molecular flexibility index (Phi) is 12.1. The van der Waals surface area contributed by atoms with Gasteiger partial charge in [0.05, 0.1) is 38.6 Å². The molecule has 0 amide bonds. The lowest BCUT2D eigenvalue weighted by Crippen LogP contribution is -2.25. The molecule has 3 N–H and O–H groups in total. The molecule has 2 unspecified atom stereocenters. The van der Waals surface area contributed by atoms with Gasteiger partial charge in [-0.2, -0.15) is 0 Å². The number of hydrogen-bond donors (Lipinski definition) is 3. The first kappa shape index (κ1) is 16.8. The topological polar surface area (TPSA) is 71.0 Å². The lowest BCUT2D eigenvalue weighted by atomic mass is 10.2. The highest BCUT2D eigenvalue weighted by Crippen LogP contribution is 1.97. The summed E-state index contributed by atoms with van der Waals surface area (Å²) in [4.78, 5) is 0. The second kappa shape index (κ2) is 12.3. The van der Waals surface area contributed by atoms with E-state index in [-0.39, 0.29) is 25.4 Å². The largest absolute Gasteiger partial charge is 0.394 e. The van der Waals surface area contributed by atoms with E-state index < -0.39 is 0 Å². The van der Waals surface area contributed by atoms with Gasteiger partial charge in [0.2, 0.25) is 0 Å². The molecule has 17 heavy (non-hydrogen) atoms. The Morgan fingerprint density at radius 3 is 1.65 bits per heavy atom. The van der Waals surface area contributed by atoms with Gasteiger partial charge in [-0.15, -0.1) is 0 Å². The Labute approximate surface area is 104 Å². The fraction of sp³-hybridized carbons (Fsp3) is 1.00. The first-order valence-corrected chi connectivity index (χ1v) is 6.36. The second-order valence-corrected chi connectivity index (χ2v) is 4.14. The quantitative estimate of drug-likeness (QED) is 0.430. The summed E-state index contributed by atoms with van der Waals surface area (Å²) in [5.74, 6) is 0. The highest BCUT2D eigenvalue weighted by atomic mass is 16.5. The highest BCUT2D eigenvalue weighted by molar-refractivity contribution is 4.57. The van der Waals surface area contributed by atoms with Crippen molar-refractivity contribution in [2.45, 2.75) is 38.9 Å². The smallest absolute Gasteiger partial charge is 0.0701 e. The first-order chi connectivity index (χ1) is 8.20. The molecule has 0 aromatic carbocycles. The molecule has 0 aliphatic rings. The van der Waals surface area contributed by atoms with E-state index in [2.05, 4.69) is 5.32 Å². The van der Waals surface area contributed by atoms with Crippen LogP contribution >= 0.6 is 0 Å². The van der Waals surface area contributed by atoms with Crippen LogP contribution in [0, 0.1) is 0 Å². The number of aliphatic hydroxyl groups is 2. The number of hydrogen-bond acceptors (Lipinski definition) is 5. The van der Waals surface area contributed by atoms with Crippen LogP contribution < -0.4 is 5.32 Å². The number of ether oxygens (including phenoxy) is 2. The summed E-state index contributed by atoms with van der Waals surface area (Å²) < 4.78 is 10.7. The fourth-order valence-corrected chi connectivity index (χ4v) is 1.41. The van der Waals surface area contributed by atoms with Crippen molar-refractivity contribution in [2.24, 2.45) is 0 Å². The maximum absolute atomic E-state index is 8.58. The van der Waals surface area contributed by atoms with Crippen molar-refractivity contribution in [3.63, 3.8) is 0 Å². The molecule has 0 aliphatic carbocycles. The summed E-state index contributed by atoms with van der Waals surface area (Å²) >= 11 is 0. The molecular formula is C12H27NO4. The zero-order valence-electron chi connectivity index (χ0n) is 11.0. The normalized spacial score (nSPS) is 14.8. The lowest BCUT2D eigenvalue weighted by molar-refractivity contribution is 0.0313. The summed E-state index contributed by atoms with van der Waals surface area (Å²) in [5.41, 5.74) is 0. The first-order valence-electron chi connectivity index (χ1n) is 6.36. The molecule has 0 aromatic rings. The average Bonchev–Trinajstić information content (AvgIpc) is 2.33. The Balaban J connectivity index is 3.22. The van der Waals surface area contributed by atoms with Crippen molar-refractivity contribution in [3.8, 4) is 0 Å². The summed E-state index contributed by atoms with van der Waals surface area (Å²) in [6.45, 7) is 6.79. The molecule has 104 valence electrons. The van der Waals surface area contributed by atoms with E-state index in [1.54, 1.807) is 0 Å². The highest BCUT2D eigenvalue weighted by Gasteiger charge is 2.03. The Morgan fingerprint density at radius 2 is 1.29 bits per heavy atom. The molecule has 0 saturated carbocycles. The van der Waals surface area contributed by atoms with Crippen LogP contribution in [0.4, 0.5) is 0 Å². The van der Waals surface area contributed by atoms with Crippen LogP contribution in [0.3, 0.4) is 0 Å². The van der Waals surface area contributed by atoms with Crippen LogP contribution in [0.25, 0.3) is 0 Å². The van der Waals surface area contributed by atoms with Gasteiger partial charge in [0.15, 0.2) is 0 Å².